The van der Waals surface area contributed by atoms with E-state index in [-0.39, 0.29) is 0 Å². The average molecular weight is 161 g/mol. The van der Waals surface area contributed by atoms with Crippen LogP contribution >= 0.6 is 0 Å². The summed E-state index contributed by atoms with van der Waals surface area (Å²) in [7, 11) is 0. The fourth-order valence-electron chi connectivity index (χ4n) is 0.912. The van der Waals surface area contributed by atoms with E-state index in [4.69, 9.17) is 0 Å². The molecule has 0 aromatic heterocycles. The molecule has 1 N–H and O–H groups in total. The lowest BCUT2D eigenvalue weighted by Gasteiger charge is -2.27. The molecule has 0 aliphatic rings. The first-order valence-electron chi connectivity index (χ1n) is 3.75. The summed E-state index contributed by atoms with van der Waals surface area (Å²) in [4.78, 5) is 14.4. The summed E-state index contributed by atoms with van der Waals surface area (Å²) in [6.07, 6.45) is 0.785. The molecule has 4 nitrogen and oxygen atoms in total. The van der Waals surface area contributed by atoms with E-state index in [0.29, 0.717) is 6.42 Å². The van der Waals surface area contributed by atoms with E-state index in [0.717, 1.165) is 6.42 Å². The molecule has 0 heterocycles. The summed E-state index contributed by atoms with van der Waals surface area (Å²) in [6, 6.07) is 0. The van der Waals surface area contributed by atoms with Crippen molar-refractivity contribution in [2.24, 2.45) is 5.34 Å². The topological polar surface area (TPSA) is 58.9 Å². The maximum Gasteiger partial charge on any atom is 0.163 e. The predicted octanol–water partition coefficient (Wildman–Crippen LogP) is 1.62. The van der Waals surface area contributed by atoms with Crippen molar-refractivity contribution >= 4 is 0 Å². The third-order valence-electron chi connectivity index (χ3n) is 1.88. The third kappa shape index (κ3) is 2.84. The van der Waals surface area contributed by atoms with E-state index in [1.165, 1.54) is 0 Å². The highest BCUT2D eigenvalue weighted by atomic mass is 16.7. The van der Waals surface area contributed by atoms with Crippen LogP contribution in [0.5, 0.6) is 0 Å². The fraction of sp³-hybridized carbons (Fsp3) is 1.00. The minimum Gasteiger partial charge on any atom is -0.389 e. The van der Waals surface area contributed by atoms with Gasteiger partial charge in [-0.15, -0.1) is 4.91 Å². The molecule has 0 aliphatic carbocycles. The van der Waals surface area contributed by atoms with Crippen molar-refractivity contribution in [2.45, 2.75) is 45.3 Å². The first-order valence-corrected chi connectivity index (χ1v) is 3.75. The van der Waals surface area contributed by atoms with Gasteiger partial charge in [0.25, 0.3) is 0 Å². The molecule has 0 fully saturated rings. The van der Waals surface area contributed by atoms with Crippen LogP contribution in [0.3, 0.4) is 0 Å². The number of aliphatic hydroxyl groups is 1. The molecule has 66 valence electrons. The van der Waals surface area contributed by atoms with Crippen LogP contribution in [0.1, 0.15) is 33.6 Å². The van der Waals surface area contributed by atoms with E-state index in [2.05, 4.69) is 10.2 Å². The van der Waals surface area contributed by atoms with Gasteiger partial charge in [-0.3, -0.25) is 0 Å². The molecule has 0 saturated heterocycles. The number of nitrogens with zero attached hydrogens (tertiary/aromatic N) is 1. The van der Waals surface area contributed by atoms with Crippen molar-refractivity contribution in [3.63, 3.8) is 0 Å². The molecular formula is C7H15NO3. The average Bonchev–Trinajstić information content (AvgIpc) is 1.88. The Morgan fingerprint density at radius 2 is 2.27 bits per heavy atom. The molecule has 2 unspecified atom stereocenters. The van der Waals surface area contributed by atoms with Gasteiger partial charge in [-0.25, -0.2) is 0 Å². The number of rotatable bonds is 5. The van der Waals surface area contributed by atoms with E-state index >= 15 is 0 Å². The second-order valence-corrected chi connectivity index (χ2v) is 2.90. The summed E-state index contributed by atoms with van der Waals surface area (Å²) in [5, 5.41) is 11.5. The zero-order valence-corrected chi connectivity index (χ0v) is 7.20. The standard InChI is InChI=1S/C7H15NO3/c1-4-5-7(3,6(2)9)11-8-10/h6,9H,4-5H2,1-3H3. The molecule has 0 aromatic rings. The smallest absolute Gasteiger partial charge is 0.163 e. The van der Waals surface area contributed by atoms with Gasteiger partial charge in [0.1, 0.15) is 0 Å². The third-order valence-corrected chi connectivity index (χ3v) is 1.88. The second-order valence-electron chi connectivity index (χ2n) is 2.90. The maximum absolute atomic E-state index is 9.82. The van der Waals surface area contributed by atoms with Crippen LogP contribution in [0.4, 0.5) is 0 Å². The van der Waals surface area contributed by atoms with E-state index < -0.39 is 11.7 Å². The molecule has 2 atom stereocenters. The van der Waals surface area contributed by atoms with Crippen molar-refractivity contribution in [1.82, 2.24) is 0 Å². The first kappa shape index (κ1) is 10.4. The zero-order valence-electron chi connectivity index (χ0n) is 7.20. The van der Waals surface area contributed by atoms with Crippen molar-refractivity contribution in [2.75, 3.05) is 0 Å². The van der Waals surface area contributed by atoms with E-state index in [1.807, 2.05) is 6.92 Å². The van der Waals surface area contributed by atoms with Gasteiger partial charge in [0.05, 0.1) is 6.10 Å². The molecule has 0 amide bonds. The van der Waals surface area contributed by atoms with Crippen LogP contribution < -0.4 is 0 Å². The molecule has 0 rings (SSSR count). The van der Waals surface area contributed by atoms with Gasteiger partial charge in [-0.2, -0.15) is 0 Å². The Morgan fingerprint density at radius 3 is 2.55 bits per heavy atom. The summed E-state index contributed by atoms with van der Waals surface area (Å²) in [5.41, 5.74) is -0.823. The maximum atomic E-state index is 9.82. The highest BCUT2D eigenvalue weighted by Gasteiger charge is 2.32. The largest absolute Gasteiger partial charge is 0.389 e. The Labute approximate surface area is 66.5 Å². The lowest BCUT2D eigenvalue weighted by Crippen LogP contribution is -2.38. The van der Waals surface area contributed by atoms with Gasteiger partial charge in [-0.1, -0.05) is 13.3 Å². The molecule has 0 aliphatic heterocycles. The number of aliphatic hydroxyl groups excluding tert-OH is 1. The predicted molar refractivity (Wildman–Crippen MR) is 41.9 cm³/mol. The van der Waals surface area contributed by atoms with Crippen LogP contribution in [0.2, 0.25) is 0 Å². The fourth-order valence-corrected chi connectivity index (χ4v) is 0.912. The highest BCUT2D eigenvalue weighted by molar-refractivity contribution is 4.79. The van der Waals surface area contributed by atoms with Gasteiger partial charge >= 0.3 is 0 Å². The zero-order chi connectivity index (χ0) is 8.91. The molecule has 0 radical (unpaired) electrons. The van der Waals surface area contributed by atoms with Crippen molar-refractivity contribution in [3.05, 3.63) is 4.91 Å². The molecular weight excluding hydrogens is 146 g/mol. The molecule has 0 spiro atoms. The van der Waals surface area contributed by atoms with Crippen molar-refractivity contribution in [3.8, 4) is 0 Å². The molecule has 0 aromatic carbocycles. The minimum atomic E-state index is -0.823. The highest BCUT2D eigenvalue weighted by Crippen LogP contribution is 2.22. The minimum absolute atomic E-state index is 0.621. The van der Waals surface area contributed by atoms with Gasteiger partial charge < -0.3 is 9.94 Å². The molecule has 0 bridgehead atoms. The Bertz CT molecular complexity index is 127. The second kappa shape index (κ2) is 4.28. The summed E-state index contributed by atoms with van der Waals surface area (Å²) in [6.45, 7) is 5.21. The van der Waals surface area contributed by atoms with Crippen LogP contribution in [-0.2, 0) is 4.84 Å². The van der Waals surface area contributed by atoms with E-state index in [1.54, 1.807) is 13.8 Å². The van der Waals surface area contributed by atoms with Gasteiger partial charge in [0, 0.05) is 0 Å². The molecule has 4 heteroatoms. The summed E-state index contributed by atoms with van der Waals surface area (Å²) < 4.78 is 0. The summed E-state index contributed by atoms with van der Waals surface area (Å²) >= 11 is 0. The van der Waals surface area contributed by atoms with Gasteiger partial charge in [0.2, 0.25) is 0 Å². The Kier molecular flexibility index (Phi) is 4.03. The quantitative estimate of drug-likeness (QED) is 0.492. The summed E-state index contributed by atoms with van der Waals surface area (Å²) in [5.74, 6) is 0. The monoisotopic (exact) mass is 161 g/mol. The van der Waals surface area contributed by atoms with Crippen LogP contribution in [0, 0.1) is 4.91 Å². The molecule has 11 heavy (non-hydrogen) atoms. The van der Waals surface area contributed by atoms with Crippen molar-refractivity contribution in [1.29, 1.82) is 0 Å². The van der Waals surface area contributed by atoms with Crippen molar-refractivity contribution < 1.29 is 9.94 Å². The lowest BCUT2D eigenvalue weighted by atomic mass is 9.95. The van der Waals surface area contributed by atoms with Gasteiger partial charge in [0.15, 0.2) is 10.9 Å². The Morgan fingerprint density at radius 1 is 1.73 bits per heavy atom. The van der Waals surface area contributed by atoms with E-state index in [9.17, 15) is 10.0 Å². The Balaban J connectivity index is 4.12. The Hall–Kier alpha value is -0.640. The number of hydrogen-bond acceptors (Lipinski definition) is 4. The number of hydrogen-bond donors (Lipinski definition) is 1. The first-order chi connectivity index (χ1) is 5.06. The molecule has 0 saturated carbocycles. The van der Waals surface area contributed by atoms with Crippen LogP contribution in [-0.4, -0.2) is 16.8 Å². The lowest BCUT2D eigenvalue weighted by molar-refractivity contribution is -0.111. The van der Waals surface area contributed by atoms with Gasteiger partial charge in [-0.05, 0) is 20.3 Å². The normalized spacial score (nSPS) is 18.5. The van der Waals surface area contributed by atoms with Crippen LogP contribution in [0.15, 0.2) is 5.34 Å². The van der Waals surface area contributed by atoms with Crippen LogP contribution in [0.25, 0.3) is 0 Å². The SMILES string of the molecule is CCCC(C)(ON=O)C(C)O.